The van der Waals surface area contributed by atoms with Gasteiger partial charge in [-0.1, -0.05) is 18.2 Å². The summed E-state index contributed by atoms with van der Waals surface area (Å²) in [5, 5.41) is 9.26. The van der Waals surface area contributed by atoms with E-state index in [1.807, 2.05) is 30.5 Å². The van der Waals surface area contributed by atoms with Crippen LogP contribution in [0.2, 0.25) is 0 Å². The number of amides is 2. The molecule has 0 spiro atoms. The Kier molecular flexibility index (Phi) is 5.69. The van der Waals surface area contributed by atoms with Gasteiger partial charge in [-0.05, 0) is 80.2 Å². The number of thiocarbonyl (C=S) groups is 1. The number of para-hydroxylation sites is 1. The maximum atomic E-state index is 13.3. The number of carboxylic acids is 1. The summed E-state index contributed by atoms with van der Waals surface area (Å²) >= 11 is 5.38. The van der Waals surface area contributed by atoms with Gasteiger partial charge in [-0.25, -0.2) is 4.79 Å². The highest BCUT2D eigenvalue weighted by Gasteiger charge is 2.38. The van der Waals surface area contributed by atoms with E-state index in [-0.39, 0.29) is 16.2 Å². The van der Waals surface area contributed by atoms with Gasteiger partial charge in [0.15, 0.2) is 5.11 Å². The summed E-state index contributed by atoms with van der Waals surface area (Å²) in [7, 11) is 1.55. The molecule has 1 fully saturated rings. The van der Waals surface area contributed by atoms with E-state index >= 15 is 0 Å². The fraction of sp³-hybridized carbons (Fsp3) is 0.120. The Morgan fingerprint density at radius 1 is 0.939 bits per heavy atom. The zero-order valence-corrected chi connectivity index (χ0v) is 19.1. The first-order chi connectivity index (χ1) is 15.7. The lowest BCUT2D eigenvalue weighted by molar-refractivity contribution is -0.127. The summed E-state index contributed by atoms with van der Waals surface area (Å²) in [5.74, 6) is -1.94. The molecule has 0 atom stereocenters. The second-order valence-electron chi connectivity index (χ2n) is 7.69. The quantitative estimate of drug-likeness (QED) is 0.363. The lowest BCUT2D eigenvalue weighted by atomic mass is 10.1. The molecular weight excluding hydrogens is 438 g/mol. The third-order valence-electron chi connectivity index (χ3n) is 5.60. The van der Waals surface area contributed by atoms with E-state index in [0.29, 0.717) is 11.3 Å². The van der Waals surface area contributed by atoms with Gasteiger partial charge < -0.3 is 9.67 Å². The molecule has 0 bridgehead atoms. The van der Waals surface area contributed by atoms with Crippen LogP contribution < -0.4 is 4.90 Å². The summed E-state index contributed by atoms with van der Waals surface area (Å²) in [4.78, 5) is 40.1. The first kappa shape index (κ1) is 22.2. The highest BCUT2D eigenvalue weighted by atomic mass is 32.1. The molecule has 0 radical (unpaired) electrons. The Morgan fingerprint density at radius 2 is 1.58 bits per heavy atom. The summed E-state index contributed by atoms with van der Waals surface area (Å²) < 4.78 is 1.94. The van der Waals surface area contributed by atoms with E-state index in [0.717, 1.165) is 17.1 Å². The Bertz CT molecular complexity index is 1320. The molecule has 2 aromatic carbocycles. The molecule has 0 saturated carbocycles. The van der Waals surface area contributed by atoms with Crippen molar-refractivity contribution in [2.24, 2.45) is 0 Å². The highest BCUT2D eigenvalue weighted by Crippen LogP contribution is 2.28. The van der Waals surface area contributed by atoms with Crippen LogP contribution in [0.1, 0.15) is 27.3 Å². The van der Waals surface area contributed by atoms with Crippen LogP contribution in [-0.2, 0) is 9.59 Å². The smallest absolute Gasteiger partial charge is 0.335 e. The number of anilines is 1. The van der Waals surface area contributed by atoms with Crippen LogP contribution in [0.4, 0.5) is 5.69 Å². The Hall–Kier alpha value is -4.04. The number of nitrogens with zero attached hydrogens (tertiary/aromatic N) is 3. The van der Waals surface area contributed by atoms with Crippen LogP contribution in [0, 0.1) is 13.8 Å². The number of benzene rings is 2. The van der Waals surface area contributed by atoms with E-state index in [1.54, 1.807) is 49.5 Å². The monoisotopic (exact) mass is 459 g/mol. The number of hydrogen-bond donors (Lipinski definition) is 1. The molecule has 0 aliphatic carbocycles. The van der Waals surface area contributed by atoms with Crippen LogP contribution in [0.15, 0.2) is 66.2 Å². The van der Waals surface area contributed by atoms with Gasteiger partial charge in [-0.3, -0.25) is 19.4 Å². The van der Waals surface area contributed by atoms with Crippen LogP contribution in [0.3, 0.4) is 0 Å². The van der Waals surface area contributed by atoms with Crippen molar-refractivity contribution in [2.45, 2.75) is 13.8 Å². The predicted molar refractivity (Wildman–Crippen MR) is 129 cm³/mol. The average Bonchev–Trinajstić information content (AvgIpc) is 3.09. The highest BCUT2D eigenvalue weighted by molar-refractivity contribution is 7.80. The second-order valence-corrected chi connectivity index (χ2v) is 8.06. The molecule has 2 amide bonds. The van der Waals surface area contributed by atoms with E-state index in [4.69, 9.17) is 17.3 Å². The molecule has 0 unspecified atom stereocenters. The first-order valence-electron chi connectivity index (χ1n) is 10.2. The first-order valence-corrected chi connectivity index (χ1v) is 10.6. The Morgan fingerprint density at radius 3 is 2.18 bits per heavy atom. The SMILES string of the molecule is Cc1cc(/C=C2\C(=O)N(C)C(=S)N(c3ccccc3)C2=O)c(C)n1-c1ccc(C(=O)O)cc1. The van der Waals surface area contributed by atoms with Crippen molar-refractivity contribution in [3.05, 3.63) is 88.8 Å². The van der Waals surface area contributed by atoms with Crippen LogP contribution in [-0.4, -0.2) is 44.5 Å². The molecule has 8 heteroatoms. The molecule has 33 heavy (non-hydrogen) atoms. The summed E-state index contributed by atoms with van der Waals surface area (Å²) in [6.07, 6.45) is 1.59. The molecular formula is C25H21N3O4S. The maximum Gasteiger partial charge on any atom is 0.335 e. The van der Waals surface area contributed by atoms with E-state index in [1.165, 1.54) is 21.9 Å². The zero-order valence-electron chi connectivity index (χ0n) is 18.3. The van der Waals surface area contributed by atoms with Gasteiger partial charge in [0.1, 0.15) is 5.57 Å². The molecule has 4 rings (SSSR count). The van der Waals surface area contributed by atoms with Crippen LogP contribution >= 0.6 is 12.2 Å². The summed E-state index contributed by atoms with van der Waals surface area (Å²) in [6, 6.07) is 17.4. The number of carbonyl (C=O) groups is 3. The van der Waals surface area contributed by atoms with Gasteiger partial charge in [0.05, 0.1) is 11.3 Å². The number of aromatic nitrogens is 1. The van der Waals surface area contributed by atoms with Gasteiger partial charge in [0.2, 0.25) is 0 Å². The third kappa shape index (κ3) is 3.85. The fourth-order valence-corrected chi connectivity index (χ4v) is 4.16. The van der Waals surface area contributed by atoms with Gasteiger partial charge in [-0.2, -0.15) is 0 Å². The standard InChI is InChI=1S/C25H21N3O4S/c1-15-13-18(16(2)27(15)20-11-9-17(10-12-20)24(31)32)14-21-22(29)26(3)25(33)28(23(21)30)19-7-5-4-6-8-19/h4-14H,1-3H3,(H,31,32)/b21-14+. The third-order valence-corrected chi connectivity index (χ3v) is 6.06. The number of aryl methyl sites for hydroxylation is 1. The number of hydrogen-bond acceptors (Lipinski definition) is 4. The molecule has 1 saturated heterocycles. The summed E-state index contributed by atoms with van der Waals surface area (Å²) in [5.41, 5.74) is 3.97. The molecule has 166 valence electrons. The van der Waals surface area contributed by atoms with Gasteiger partial charge >= 0.3 is 5.97 Å². The maximum absolute atomic E-state index is 13.3. The molecule has 1 aliphatic rings. The predicted octanol–water partition coefficient (Wildman–Crippen LogP) is 3.97. The molecule has 1 aliphatic heterocycles. The number of carbonyl (C=O) groups excluding carboxylic acids is 2. The van der Waals surface area contributed by atoms with Crippen molar-refractivity contribution >= 4 is 46.9 Å². The minimum absolute atomic E-state index is 0.0106. The Labute approximate surface area is 196 Å². The van der Waals surface area contributed by atoms with Crippen molar-refractivity contribution < 1.29 is 19.5 Å². The minimum Gasteiger partial charge on any atom is -0.478 e. The van der Waals surface area contributed by atoms with E-state index in [2.05, 4.69) is 0 Å². The lowest BCUT2D eigenvalue weighted by Gasteiger charge is -2.34. The second kappa shape index (κ2) is 8.48. The van der Waals surface area contributed by atoms with E-state index in [9.17, 15) is 14.4 Å². The average molecular weight is 460 g/mol. The van der Waals surface area contributed by atoms with Crippen LogP contribution in [0.5, 0.6) is 0 Å². The van der Waals surface area contributed by atoms with Gasteiger partial charge in [-0.15, -0.1) is 0 Å². The van der Waals surface area contributed by atoms with E-state index < -0.39 is 17.8 Å². The van der Waals surface area contributed by atoms with Gasteiger partial charge in [0.25, 0.3) is 11.8 Å². The number of carboxylic acid groups (broad SMARTS) is 1. The zero-order chi connectivity index (χ0) is 23.9. The molecule has 1 aromatic heterocycles. The largest absolute Gasteiger partial charge is 0.478 e. The molecule has 3 aromatic rings. The number of aromatic carboxylic acids is 1. The Balaban J connectivity index is 1.77. The van der Waals surface area contributed by atoms with Crippen molar-refractivity contribution in [1.82, 2.24) is 9.47 Å². The van der Waals surface area contributed by atoms with Crippen molar-refractivity contribution in [1.29, 1.82) is 0 Å². The normalized spacial score (nSPS) is 15.5. The summed E-state index contributed by atoms with van der Waals surface area (Å²) in [6.45, 7) is 3.79. The number of likely N-dealkylation sites (N-methyl/N-ethyl adjacent to an activating group) is 1. The lowest BCUT2D eigenvalue weighted by Crippen LogP contribution is -2.54. The molecule has 2 heterocycles. The van der Waals surface area contributed by atoms with Crippen molar-refractivity contribution in [3.63, 3.8) is 0 Å². The van der Waals surface area contributed by atoms with Crippen molar-refractivity contribution in [2.75, 3.05) is 11.9 Å². The fourth-order valence-electron chi connectivity index (χ4n) is 3.88. The van der Waals surface area contributed by atoms with Crippen molar-refractivity contribution in [3.8, 4) is 5.69 Å². The van der Waals surface area contributed by atoms with Crippen LogP contribution in [0.25, 0.3) is 11.8 Å². The number of rotatable bonds is 4. The minimum atomic E-state index is -0.993. The molecule has 7 nitrogen and oxygen atoms in total. The van der Waals surface area contributed by atoms with Gasteiger partial charge in [0, 0.05) is 24.1 Å². The molecule has 1 N–H and O–H groups in total. The topological polar surface area (TPSA) is 82.9 Å².